The van der Waals surface area contributed by atoms with Gasteiger partial charge in [0.1, 0.15) is 6.54 Å². The van der Waals surface area contributed by atoms with Crippen molar-refractivity contribution in [2.75, 3.05) is 20.9 Å². The lowest BCUT2D eigenvalue weighted by molar-refractivity contribution is -0.114. The van der Waals surface area contributed by atoms with Gasteiger partial charge in [-0.25, -0.2) is 16.8 Å². The van der Waals surface area contributed by atoms with Crippen LogP contribution >= 0.6 is 0 Å². The van der Waals surface area contributed by atoms with E-state index in [0.717, 1.165) is 21.0 Å². The highest BCUT2D eigenvalue weighted by Gasteiger charge is 2.35. The van der Waals surface area contributed by atoms with Crippen LogP contribution in [-0.2, 0) is 24.8 Å². The second-order valence-corrected chi connectivity index (χ2v) is 12.6. The average molecular weight is 548 g/mol. The van der Waals surface area contributed by atoms with Crippen molar-refractivity contribution in [1.82, 2.24) is 0 Å². The van der Waals surface area contributed by atoms with Crippen molar-refractivity contribution in [1.29, 1.82) is 0 Å². The fourth-order valence-corrected chi connectivity index (χ4v) is 7.24. The Morgan fingerprint density at radius 2 is 1.39 bits per heavy atom. The summed E-state index contributed by atoms with van der Waals surface area (Å²) >= 11 is 0. The van der Waals surface area contributed by atoms with Gasteiger partial charge in [0, 0.05) is 22.5 Å². The largest absolute Gasteiger partial charge is 0.325 e. The van der Waals surface area contributed by atoms with Gasteiger partial charge in [0.25, 0.3) is 20.0 Å². The summed E-state index contributed by atoms with van der Waals surface area (Å²) in [6.07, 6.45) is 0. The van der Waals surface area contributed by atoms with Crippen LogP contribution in [0.4, 0.5) is 17.1 Å². The van der Waals surface area contributed by atoms with Crippen LogP contribution in [0.3, 0.4) is 0 Å². The summed E-state index contributed by atoms with van der Waals surface area (Å²) in [4.78, 5) is 13.1. The lowest BCUT2D eigenvalue weighted by Crippen LogP contribution is -2.40. The maximum Gasteiger partial charge on any atom is 0.265 e. The number of hydrogen-bond acceptors (Lipinski definition) is 5. The molecule has 1 aliphatic heterocycles. The highest BCUT2D eigenvalue weighted by molar-refractivity contribution is 7.93. The minimum absolute atomic E-state index is 0.0267. The van der Waals surface area contributed by atoms with Gasteiger partial charge in [0.2, 0.25) is 5.91 Å². The van der Waals surface area contributed by atoms with E-state index in [1.165, 1.54) is 30.3 Å². The van der Waals surface area contributed by atoms with Crippen molar-refractivity contribution in [2.45, 2.75) is 23.6 Å². The van der Waals surface area contributed by atoms with Gasteiger partial charge >= 0.3 is 0 Å². The second kappa shape index (κ2) is 9.62. The van der Waals surface area contributed by atoms with Gasteiger partial charge in [-0.15, -0.1) is 0 Å². The topological polar surface area (TPSA) is 113 Å². The van der Waals surface area contributed by atoms with Crippen LogP contribution < -0.4 is 14.3 Å². The third-order valence-electron chi connectivity index (χ3n) is 6.13. The highest BCUT2D eigenvalue weighted by atomic mass is 32.2. The molecule has 0 aromatic heterocycles. The molecule has 0 fully saturated rings. The summed E-state index contributed by atoms with van der Waals surface area (Å²) in [5.41, 5.74) is 4.39. The molecule has 0 atom stereocenters. The van der Waals surface area contributed by atoms with E-state index in [1.807, 2.05) is 32.0 Å². The lowest BCUT2D eigenvalue weighted by atomic mass is 10.0. The molecule has 1 heterocycles. The number of carbonyl (C=O) groups is 1. The molecule has 0 aliphatic carbocycles. The van der Waals surface area contributed by atoms with E-state index in [0.29, 0.717) is 22.6 Å². The Kier molecular flexibility index (Phi) is 6.46. The summed E-state index contributed by atoms with van der Waals surface area (Å²) < 4.78 is 56.1. The molecular formula is C28H25N3O5S2. The Morgan fingerprint density at radius 3 is 2.08 bits per heavy atom. The molecule has 0 spiro atoms. The first-order chi connectivity index (χ1) is 18.0. The number of nitrogens with one attached hydrogen (secondary N) is 2. The standard InChI is InChI=1S/C28H25N3O5S2/c1-19-15-20(2)17-22(16-19)30-37(33,34)23-13-11-21(12-14-23)29-28(32)18-31-26-9-5-3-7-24(26)25-8-4-6-10-27(25)38(31,35)36/h3-17,30H,18H2,1-2H3,(H,29,32). The van der Waals surface area contributed by atoms with Gasteiger partial charge in [-0.2, -0.15) is 0 Å². The molecule has 1 amide bonds. The van der Waals surface area contributed by atoms with Crippen molar-refractivity contribution in [3.63, 3.8) is 0 Å². The predicted molar refractivity (Wildman–Crippen MR) is 148 cm³/mol. The Hall–Kier alpha value is -4.15. The van der Waals surface area contributed by atoms with E-state index in [-0.39, 0.29) is 9.79 Å². The number of amides is 1. The number of nitrogens with zero attached hydrogens (tertiary/aromatic N) is 1. The molecular weight excluding hydrogens is 522 g/mol. The molecule has 1 aliphatic rings. The number of rotatable bonds is 6. The van der Waals surface area contributed by atoms with E-state index < -0.39 is 32.5 Å². The van der Waals surface area contributed by atoms with Gasteiger partial charge < -0.3 is 5.32 Å². The molecule has 10 heteroatoms. The Morgan fingerprint density at radius 1 is 0.789 bits per heavy atom. The number of hydrogen-bond donors (Lipinski definition) is 2. The molecule has 4 aromatic rings. The van der Waals surface area contributed by atoms with Gasteiger partial charge in [-0.1, -0.05) is 42.5 Å². The molecule has 0 unspecified atom stereocenters. The molecule has 0 bridgehead atoms. The monoisotopic (exact) mass is 547 g/mol. The Balaban J connectivity index is 1.33. The van der Waals surface area contributed by atoms with Crippen molar-refractivity contribution >= 4 is 43.0 Å². The first-order valence-electron chi connectivity index (χ1n) is 11.8. The molecule has 38 heavy (non-hydrogen) atoms. The summed E-state index contributed by atoms with van der Waals surface area (Å²) in [5.74, 6) is -0.563. The molecule has 8 nitrogen and oxygen atoms in total. The minimum Gasteiger partial charge on any atom is -0.325 e. The van der Waals surface area contributed by atoms with Crippen molar-refractivity contribution < 1.29 is 21.6 Å². The van der Waals surface area contributed by atoms with Crippen LogP contribution in [0.5, 0.6) is 0 Å². The number of fused-ring (bicyclic) bond motifs is 3. The SMILES string of the molecule is Cc1cc(C)cc(NS(=O)(=O)c2ccc(NC(=O)CN3c4ccccc4-c4ccccc4S3(=O)=O)cc2)c1. The fraction of sp³-hybridized carbons (Fsp3) is 0.107. The number of sulfonamides is 2. The van der Waals surface area contributed by atoms with Crippen molar-refractivity contribution in [3.8, 4) is 11.1 Å². The first-order valence-corrected chi connectivity index (χ1v) is 14.7. The summed E-state index contributed by atoms with van der Waals surface area (Å²) in [6, 6.07) is 24.8. The third-order valence-corrected chi connectivity index (χ3v) is 9.34. The molecule has 0 saturated heterocycles. The Labute approximate surface area is 222 Å². The number of para-hydroxylation sites is 1. The quantitative estimate of drug-likeness (QED) is 0.356. The van der Waals surface area contributed by atoms with Gasteiger partial charge in [0.05, 0.1) is 15.5 Å². The van der Waals surface area contributed by atoms with E-state index in [1.54, 1.807) is 42.5 Å². The van der Waals surface area contributed by atoms with E-state index in [4.69, 9.17) is 0 Å². The number of benzene rings is 4. The second-order valence-electron chi connectivity index (χ2n) is 9.08. The molecule has 194 valence electrons. The molecule has 4 aromatic carbocycles. The number of aryl methyl sites for hydroxylation is 2. The zero-order valence-corrected chi connectivity index (χ0v) is 22.3. The van der Waals surface area contributed by atoms with Crippen LogP contribution in [0.25, 0.3) is 11.1 Å². The van der Waals surface area contributed by atoms with Crippen LogP contribution in [0.1, 0.15) is 11.1 Å². The van der Waals surface area contributed by atoms with Gasteiger partial charge in [-0.3, -0.25) is 13.8 Å². The smallest absolute Gasteiger partial charge is 0.265 e. The zero-order valence-electron chi connectivity index (χ0n) is 20.7. The molecule has 5 rings (SSSR count). The summed E-state index contributed by atoms with van der Waals surface area (Å²) in [7, 11) is -7.80. The van der Waals surface area contributed by atoms with Crippen LogP contribution in [0.2, 0.25) is 0 Å². The highest BCUT2D eigenvalue weighted by Crippen LogP contribution is 2.42. The molecule has 0 radical (unpaired) electrons. The maximum absolute atomic E-state index is 13.4. The van der Waals surface area contributed by atoms with Gasteiger partial charge in [-0.05, 0) is 73.5 Å². The van der Waals surface area contributed by atoms with E-state index in [9.17, 15) is 21.6 Å². The minimum atomic E-state index is -3.96. The van der Waals surface area contributed by atoms with Gasteiger partial charge in [0.15, 0.2) is 0 Å². The Bertz CT molecular complexity index is 1750. The average Bonchev–Trinajstić information content (AvgIpc) is 2.86. The third kappa shape index (κ3) is 4.88. The number of carbonyl (C=O) groups excluding carboxylic acids is 1. The lowest BCUT2D eigenvalue weighted by Gasteiger charge is -2.31. The molecule has 0 saturated carbocycles. The zero-order chi connectivity index (χ0) is 27.1. The normalized spacial score (nSPS) is 13.8. The van der Waals surface area contributed by atoms with Crippen LogP contribution in [0.15, 0.2) is 101 Å². The van der Waals surface area contributed by atoms with Crippen molar-refractivity contribution in [2.24, 2.45) is 0 Å². The van der Waals surface area contributed by atoms with E-state index >= 15 is 0 Å². The van der Waals surface area contributed by atoms with Crippen LogP contribution in [-0.4, -0.2) is 29.3 Å². The fourth-order valence-electron chi connectivity index (χ4n) is 4.55. The summed E-state index contributed by atoms with van der Waals surface area (Å²) in [5, 5.41) is 2.66. The summed E-state index contributed by atoms with van der Waals surface area (Å²) in [6.45, 7) is 3.32. The molecule has 2 N–H and O–H groups in total. The van der Waals surface area contributed by atoms with E-state index in [2.05, 4.69) is 10.0 Å². The van der Waals surface area contributed by atoms with Crippen molar-refractivity contribution in [3.05, 3.63) is 102 Å². The first kappa shape index (κ1) is 25.5. The maximum atomic E-state index is 13.4. The van der Waals surface area contributed by atoms with Crippen LogP contribution in [0, 0.1) is 13.8 Å². The predicted octanol–water partition coefficient (Wildman–Crippen LogP) is 4.92. The number of anilines is 3.